The fraction of sp³-hybridized carbons (Fsp3) is 0.273. The summed E-state index contributed by atoms with van der Waals surface area (Å²) in [7, 11) is -1.63. The first-order valence-corrected chi connectivity index (χ1v) is 15.5. The largest absolute Gasteiger partial charge is 0.485 e. The van der Waals surface area contributed by atoms with Gasteiger partial charge in [-0.2, -0.15) is 9.61 Å². The van der Waals surface area contributed by atoms with E-state index in [-0.39, 0.29) is 24.7 Å². The summed E-state index contributed by atoms with van der Waals surface area (Å²) in [6.45, 7) is 9.72. The number of hydrogen-bond acceptors (Lipinski definition) is 9. The lowest BCUT2D eigenvalue weighted by Gasteiger charge is -2.23. The number of pyridine rings is 1. The summed E-state index contributed by atoms with van der Waals surface area (Å²) in [4.78, 5) is 6.46. The average Bonchev–Trinajstić information content (AvgIpc) is 3.41. The molecule has 0 saturated carbocycles. The van der Waals surface area contributed by atoms with Crippen molar-refractivity contribution in [2.75, 3.05) is 26.7 Å². The van der Waals surface area contributed by atoms with Crippen LogP contribution >= 0.6 is 0 Å². The number of rotatable bonds is 10. The van der Waals surface area contributed by atoms with Crippen LogP contribution in [0.1, 0.15) is 26.6 Å². The zero-order chi connectivity index (χ0) is 31.3. The Kier molecular flexibility index (Phi) is 8.94. The highest BCUT2D eigenvalue weighted by molar-refractivity contribution is 7.96. The van der Waals surface area contributed by atoms with Crippen molar-refractivity contribution in [3.63, 3.8) is 0 Å². The van der Waals surface area contributed by atoms with Crippen molar-refractivity contribution in [2.45, 2.75) is 32.1 Å². The molecule has 10 nitrogen and oxygen atoms in total. The monoisotopic (exact) mass is 610 g/mol. The van der Waals surface area contributed by atoms with Crippen LogP contribution in [-0.4, -0.2) is 69.6 Å². The minimum atomic E-state index is -3.43. The summed E-state index contributed by atoms with van der Waals surface area (Å²) in [5.41, 5.74) is 3.16. The van der Waals surface area contributed by atoms with Crippen LogP contribution in [-0.2, 0) is 16.4 Å². The number of aromatic nitrogens is 5. The van der Waals surface area contributed by atoms with Crippen molar-refractivity contribution in [3.05, 3.63) is 90.2 Å². The molecule has 0 aliphatic carbocycles. The normalized spacial score (nSPS) is 11.8. The van der Waals surface area contributed by atoms with Crippen LogP contribution in [0.4, 0.5) is 0 Å². The molecule has 0 amide bonds. The van der Waals surface area contributed by atoms with Gasteiger partial charge >= 0.3 is 0 Å². The Labute approximate surface area is 257 Å². The van der Waals surface area contributed by atoms with Gasteiger partial charge in [-0.05, 0) is 58.2 Å². The molecule has 0 aliphatic heterocycles. The van der Waals surface area contributed by atoms with E-state index >= 15 is 0 Å². The molecule has 0 spiro atoms. The molecule has 3 heterocycles. The maximum Gasteiger partial charge on any atom is 0.192 e. The van der Waals surface area contributed by atoms with E-state index in [9.17, 15) is 8.42 Å². The number of fused-ring (bicyclic) bond motifs is 2. The third kappa shape index (κ3) is 6.88. The van der Waals surface area contributed by atoms with Crippen molar-refractivity contribution in [3.8, 4) is 34.6 Å². The quantitative estimate of drug-likeness (QED) is 0.203. The van der Waals surface area contributed by atoms with Crippen LogP contribution in [0.5, 0.6) is 11.5 Å². The van der Waals surface area contributed by atoms with Gasteiger partial charge in [-0.1, -0.05) is 48.8 Å². The predicted octanol–water partition coefficient (Wildman–Crippen LogP) is 4.96. The van der Waals surface area contributed by atoms with Gasteiger partial charge in [0.1, 0.15) is 24.7 Å². The first-order chi connectivity index (χ1) is 21.0. The van der Waals surface area contributed by atoms with Crippen LogP contribution in [0.15, 0.2) is 84.4 Å². The summed E-state index contributed by atoms with van der Waals surface area (Å²) >= 11 is 0. The van der Waals surface area contributed by atoms with E-state index in [1.165, 1.54) is 0 Å². The van der Waals surface area contributed by atoms with Crippen molar-refractivity contribution in [1.82, 2.24) is 29.7 Å². The third-order valence-electron chi connectivity index (χ3n) is 6.85. The molecule has 0 unspecified atom stereocenters. The Morgan fingerprint density at radius 1 is 1.00 bits per heavy atom. The van der Waals surface area contributed by atoms with E-state index in [0.717, 1.165) is 16.6 Å². The van der Waals surface area contributed by atoms with Crippen LogP contribution in [0.25, 0.3) is 27.8 Å². The lowest BCUT2D eigenvalue weighted by Crippen LogP contribution is -2.33. The van der Waals surface area contributed by atoms with Crippen molar-refractivity contribution in [1.29, 1.82) is 0 Å². The zero-order valence-electron chi connectivity index (χ0n) is 25.2. The first-order valence-electron chi connectivity index (χ1n) is 14.0. The van der Waals surface area contributed by atoms with Crippen molar-refractivity contribution < 1.29 is 17.9 Å². The van der Waals surface area contributed by atoms with Gasteiger partial charge in [0.05, 0.1) is 27.4 Å². The SMILES string of the molecule is C=C(CN(C)CC#CCOc1ccc2c(OCc3nnc4ccc(-c5ccccc5)nn34)ccnc2c1)S(=O)(=O)C(C)(C)C. The number of sulfone groups is 1. The number of likely N-dealkylation sites (N-methyl/N-ethyl adjacent to an activating group) is 1. The van der Waals surface area contributed by atoms with Crippen LogP contribution in [0.2, 0.25) is 0 Å². The highest BCUT2D eigenvalue weighted by Crippen LogP contribution is 2.28. The maximum atomic E-state index is 12.5. The maximum absolute atomic E-state index is 12.5. The molecule has 0 atom stereocenters. The Bertz CT molecular complexity index is 1970. The summed E-state index contributed by atoms with van der Waals surface area (Å²) in [5.74, 6) is 7.83. The molecule has 0 aliphatic rings. The minimum absolute atomic E-state index is 0.170. The summed E-state index contributed by atoms with van der Waals surface area (Å²) < 4.78 is 37.8. The van der Waals surface area contributed by atoms with Crippen LogP contribution in [0.3, 0.4) is 0 Å². The van der Waals surface area contributed by atoms with E-state index < -0.39 is 14.6 Å². The van der Waals surface area contributed by atoms with E-state index in [0.29, 0.717) is 35.0 Å². The number of benzene rings is 2. The van der Waals surface area contributed by atoms with Gasteiger partial charge in [0.2, 0.25) is 0 Å². The van der Waals surface area contributed by atoms with Crippen LogP contribution in [0, 0.1) is 11.8 Å². The molecule has 44 heavy (non-hydrogen) atoms. The molecule has 0 saturated heterocycles. The summed E-state index contributed by atoms with van der Waals surface area (Å²) in [6.07, 6.45) is 1.68. The standard InChI is InChI=1S/C33H34N6O4S/c1-24(44(40,41)33(2,3)4)22-38(5)19-9-10-20-42-26-13-14-27-29(21-26)34-18-17-30(27)43-23-32-36-35-31-16-15-28(37-39(31)32)25-11-7-6-8-12-25/h6-8,11-18,21H,1,19-20,22-23H2,2-5H3. The fourth-order valence-electron chi connectivity index (χ4n) is 4.38. The second-order valence-corrected chi connectivity index (χ2v) is 14.0. The fourth-order valence-corrected chi connectivity index (χ4v) is 5.64. The van der Waals surface area contributed by atoms with Crippen molar-refractivity contribution >= 4 is 26.4 Å². The molecule has 5 rings (SSSR count). The Balaban J connectivity index is 1.19. The van der Waals surface area contributed by atoms with Gasteiger partial charge in [-0.3, -0.25) is 9.88 Å². The number of nitrogens with zero attached hydrogens (tertiary/aromatic N) is 6. The lowest BCUT2D eigenvalue weighted by molar-refractivity contribution is 0.296. The average molecular weight is 611 g/mol. The van der Waals surface area contributed by atoms with Gasteiger partial charge in [-0.15, -0.1) is 10.2 Å². The van der Waals surface area contributed by atoms with Gasteiger partial charge in [0.15, 0.2) is 21.3 Å². The molecule has 2 aromatic carbocycles. The smallest absolute Gasteiger partial charge is 0.192 e. The predicted molar refractivity (Wildman–Crippen MR) is 171 cm³/mol. The lowest BCUT2D eigenvalue weighted by atomic mass is 10.1. The molecule has 0 bridgehead atoms. The molecule has 0 fully saturated rings. The molecule has 5 aromatic rings. The molecule has 0 N–H and O–H groups in total. The molecular weight excluding hydrogens is 576 g/mol. The van der Waals surface area contributed by atoms with Gasteiger partial charge < -0.3 is 9.47 Å². The second-order valence-electron chi connectivity index (χ2n) is 11.2. The van der Waals surface area contributed by atoms with Crippen LogP contribution < -0.4 is 9.47 Å². The first kappa shape index (κ1) is 30.7. The topological polar surface area (TPSA) is 112 Å². The summed E-state index contributed by atoms with van der Waals surface area (Å²) in [5, 5.41) is 14.0. The second kappa shape index (κ2) is 12.8. The highest BCUT2D eigenvalue weighted by Gasteiger charge is 2.31. The Morgan fingerprint density at radius 2 is 1.80 bits per heavy atom. The molecule has 226 valence electrons. The Hall–Kier alpha value is -4.79. The highest BCUT2D eigenvalue weighted by atomic mass is 32.2. The van der Waals surface area contributed by atoms with E-state index in [2.05, 4.69) is 33.6 Å². The van der Waals surface area contributed by atoms with Gasteiger partial charge in [0, 0.05) is 29.8 Å². The number of hydrogen-bond donors (Lipinski definition) is 0. The third-order valence-corrected chi connectivity index (χ3v) is 9.35. The van der Waals surface area contributed by atoms with Crippen molar-refractivity contribution in [2.24, 2.45) is 0 Å². The zero-order valence-corrected chi connectivity index (χ0v) is 26.0. The Morgan fingerprint density at radius 3 is 2.57 bits per heavy atom. The minimum Gasteiger partial charge on any atom is -0.485 e. The number of ether oxygens (including phenoxy) is 2. The van der Waals surface area contributed by atoms with E-state index in [1.807, 2.05) is 60.7 Å². The van der Waals surface area contributed by atoms with E-state index in [1.54, 1.807) is 49.5 Å². The molecule has 0 radical (unpaired) electrons. The van der Waals surface area contributed by atoms with E-state index in [4.69, 9.17) is 14.6 Å². The molecule has 3 aromatic heterocycles. The van der Waals surface area contributed by atoms with Gasteiger partial charge in [0.25, 0.3) is 0 Å². The summed E-state index contributed by atoms with van der Waals surface area (Å²) in [6, 6.07) is 21.1. The van der Waals surface area contributed by atoms with Gasteiger partial charge in [-0.25, -0.2) is 8.42 Å². The molecular formula is C33H34N6O4S. The molecule has 11 heteroatoms.